The predicted octanol–water partition coefficient (Wildman–Crippen LogP) is 2.58. The Kier molecular flexibility index (Phi) is 4.05. The van der Waals surface area contributed by atoms with E-state index in [4.69, 9.17) is 0 Å². The number of amides is 2. The van der Waals surface area contributed by atoms with Crippen molar-refractivity contribution in [3.63, 3.8) is 0 Å². The summed E-state index contributed by atoms with van der Waals surface area (Å²) in [6.07, 6.45) is 3.40. The summed E-state index contributed by atoms with van der Waals surface area (Å²) in [7, 11) is 0. The third-order valence-corrected chi connectivity index (χ3v) is 7.45. The SMILES string of the molecule is Cc1ccc(N2NC(C(=O)N[C@H]3C[C@H]4CC[C@@]3(C)C4(C)C)=NCC2=O)cc1. The van der Waals surface area contributed by atoms with Crippen molar-refractivity contribution in [2.24, 2.45) is 21.7 Å². The van der Waals surface area contributed by atoms with Gasteiger partial charge in [-0.1, -0.05) is 38.5 Å². The minimum absolute atomic E-state index is 0.0281. The lowest BCUT2D eigenvalue weighted by Crippen LogP contribution is -2.58. The summed E-state index contributed by atoms with van der Waals surface area (Å²) < 4.78 is 0. The second-order valence-electron chi connectivity index (χ2n) is 8.98. The van der Waals surface area contributed by atoms with Crippen LogP contribution in [0.25, 0.3) is 0 Å². The molecule has 3 atom stereocenters. The molecular weight excluding hydrogens is 340 g/mol. The number of rotatable bonds is 3. The van der Waals surface area contributed by atoms with Crippen molar-refractivity contribution in [2.75, 3.05) is 11.6 Å². The number of nitrogens with zero attached hydrogens (tertiary/aromatic N) is 2. The van der Waals surface area contributed by atoms with E-state index in [0.717, 1.165) is 18.4 Å². The number of carbonyl (C=O) groups is 2. The molecule has 1 aliphatic heterocycles. The molecule has 2 bridgehead atoms. The normalized spacial score (nSPS) is 31.5. The number of nitrogens with one attached hydrogen (secondary N) is 2. The van der Waals surface area contributed by atoms with Gasteiger partial charge in [0.15, 0.2) is 0 Å². The largest absolute Gasteiger partial charge is 0.346 e. The molecule has 144 valence electrons. The summed E-state index contributed by atoms with van der Waals surface area (Å²) in [4.78, 5) is 29.3. The molecular formula is C21H28N4O2. The molecule has 0 unspecified atom stereocenters. The van der Waals surface area contributed by atoms with Gasteiger partial charge >= 0.3 is 0 Å². The molecule has 0 spiro atoms. The molecule has 2 N–H and O–H groups in total. The highest BCUT2D eigenvalue weighted by Gasteiger charge is 2.61. The summed E-state index contributed by atoms with van der Waals surface area (Å²) in [6, 6.07) is 7.75. The third-order valence-electron chi connectivity index (χ3n) is 7.45. The summed E-state index contributed by atoms with van der Waals surface area (Å²) in [6.45, 7) is 8.91. The number of hydrogen-bond donors (Lipinski definition) is 2. The standard InChI is InChI=1S/C21H28N4O2/c1-13-5-7-15(8-6-13)25-17(26)12-22-18(24-25)19(27)23-16-11-14-9-10-21(16,4)20(14,2)3/h5-8,14,16H,9-12H2,1-4H3,(H,22,24)(H,23,27)/t14-,16+,21-/m1/s1. The molecule has 2 saturated carbocycles. The summed E-state index contributed by atoms with van der Waals surface area (Å²) >= 11 is 0. The van der Waals surface area contributed by atoms with Crippen molar-refractivity contribution in [3.05, 3.63) is 29.8 Å². The van der Waals surface area contributed by atoms with Gasteiger partial charge in [-0.25, -0.2) is 5.01 Å². The lowest BCUT2D eigenvalue weighted by Gasteiger charge is -2.39. The van der Waals surface area contributed by atoms with Gasteiger partial charge in [0.2, 0.25) is 5.84 Å². The van der Waals surface area contributed by atoms with Crippen LogP contribution in [0.1, 0.15) is 45.6 Å². The average Bonchev–Trinajstić information content (AvgIpc) is 2.96. The Bertz CT molecular complexity index is 814. The predicted molar refractivity (Wildman–Crippen MR) is 105 cm³/mol. The number of amidine groups is 1. The van der Waals surface area contributed by atoms with Gasteiger partial charge in [0, 0.05) is 6.04 Å². The molecule has 2 aliphatic carbocycles. The topological polar surface area (TPSA) is 73.8 Å². The second-order valence-corrected chi connectivity index (χ2v) is 8.98. The zero-order valence-electron chi connectivity index (χ0n) is 16.5. The molecule has 0 aromatic heterocycles. The number of hydrazine groups is 1. The first-order chi connectivity index (χ1) is 12.7. The molecule has 3 aliphatic rings. The fourth-order valence-corrected chi connectivity index (χ4v) is 5.09. The van der Waals surface area contributed by atoms with E-state index in [1.165, 1.54) is 11.4 Å². The van der Waals surface area contributed by atoms with E-state index in [-0.39, 0.29) is 41.1 Å². The van der Waals surface area contributed by atoms with Gasteiger partial charge < -0.3 is 5.32 Å². The van der Waals surface area contributed by atoms with Gasteiger partial charge in [-0.05, 0) is 55.1 Å². The van der Waals surface area contributed by atoms with Crippen LogP contribution in [-0.4, -0.2) is 30.2 Å². The van der Waals surface area contributed by atoms with Crippen LogP contribution >= 0.6 is 0 Å². The fourth-order valence-electron chi connectivity index (χ4n) is 5.09. The fraction of sp³-hybridized carbons (Fsp3) is 0.571. The van der Waals surface area contributed by atoms with Crippen molar-refractivity contribution in [2.45, 2.75) is 53.0 Å². The lowest BCUT2D eigenvalue weighted by atomic mass is 9.69. The Morgan fingerprint density at radius 2 is 1.96 bits per heavy atom. The quantitative estimate of drug-likeness (QED) is 0.861. The summed E-state index contributed by atoms with van der Waals surface area (Å²) in [5.41, 5.74) is 5.07. The Morgan fingerprint density at radius 3 is 2.56 bits per heavy atom. The lowest BCUT2D eigenvalue weighted by molar-refractivity contribution is -0.118. The van der Waals surface area contributed by atoms with E-state index in [1.54, 1.807) is 0 Å². The van der Waals surface area contributed by atoms with Gasteiger partial charge in [0.1, 0.15) is 6.54 Å². The van der Waals surface area contributed by atoms with Crippen molar-refractivity contribution in [3.8, 4) is 0 Å². The zero-order chi connectivity index (χ0) is 19.4. The van der Waals surface area contributed by atoms with Crippen LogP contribution in [0.2, 0.25) is 0 Å². The van der Waals surface area contributed by atoms with Gasteiger partial charge in [-0.2, -0.15) is 0 Å². The number of aryl methyl sites for hydroxylation is 1. The maximum atomic E-state index is 12.9. The number of hydrogen-bond acceptors (Lipinski definition) is 4. The van der Waals surface area contributed by atoms with Crippen LogP contribution in [0, 0.1) is 23.7 Å². The minimum atomic E-state index is -0.228. The smallest absolute Gasteiger partial charge is 0.288 e. The number of anilines is 1. The zero-order valence-corrected chi connectivity index (χ0v) is 16.5. The van der Waals surface area contributed by atoms with E-state index >= 15 is 0 Å². The summed E-state index contributed by atoms with van der Waals surface area (Å²) in [5.74, 6) is 0.455. The van der Waals surface area contributed by atoms with Crippen LogP contribution in [0.3, 0.4) is 0 Å². The van der Waals surface area contributed by atoms with Gasteiger partial charge in [-0.15, -0.1) is 0 Å². The van der Waals surface area contributed by atoms with Crippen LogP contribution in [-0.2, 0) is 9.59 Å². The number of benzene rings is 1. The first kappa shape index (κ1) is 18.0. The van der Waals surface area contributed by atoms with Crippen molar-refractivity contribution < 1.29 is 9.59 Å². The van der Waals surface area contributed by atoms with Crippen molar-refractivity contribution in [1.82, 2.24) is 10.7 Å². The minimum Gasteiger partial charge on any atom is -0.346 e. The highest BCUT2D eigenvalue weighted by atomic mass is 16.2. The highest BCUT2D eigenvalue weighted by Crippen LogP contribution is 2.65. The van der Waals surface area contributed by atoms with Gasteiger partial charge in [0.25, 0.3) is 11.8 Å². The third kappa shape index (κ3) is 2.73. The first-order valence-corrected chi connectivity index (χ1v) is 9.74. The maximum Gasteiger partial charge on any atom is 0.288 e. The molecule has 4 rings (SSSR count). The molecule has 27 heavy (non-hydrogen) atoms. The Hall–Kier alpha value is -2.37. The van der Waals surface area contributed by atoms with E-state index in [0.29, 0.717) is 11.6 Å². The highest BCUT2D eigenvalue weighted by molar-refractivity contribution is 6.39. The van der Waals surface area contributed by atoms with Crippen LogP contribution in [0.15, 0.2) is 29.3 Å². The molecule has 2 fully saturated rings. The van der Waals surface area contributed by atoms with Crippen molar-refractivity contribution in [1.29, 1.82) is 0 Å². The van der Waals surface area contributed by atoms with E-state index < -0.39 is 0 Å². The molecule has 0 radical (unpaired) electrons. The molecule has 0 saturated heterocycles. The monoisotopic (exact) mass is 368 g/mol. The molecule has 1 heterocycles. The maximum absolute atomic E-state index is 12.9. The number of carbonyl (C=O) groups excluding carboxylic acids is 2. The van der Waals surface area contributed by atoms with E-state index in [9.17, 15) is 9.59 Å². The first-order valence-electron chi connectivity index (χ1n) is 9.74. The molecule has 1 aromatic rings. The number of aliphatic imine (C=N–C) groups is 1. The van der Waals surface area contributed by atoms with E-state index in [1.807, 2.05) is 31.2 Å². The summed E-state index contributed by atoms with van der Waals surface area (Å²) in [5, 5.41) is 4.61. The van der Waals surface area contributed by atoms with Crippen LogP contribution < -0.4 is 15.8 Å². The second kappa shape index (κ2) is 6.08. The van der Waals surface area contributed by atoms with Crippen molar-refractivity contribution >= 4 is 23.3 Å². The van der Waals surface area contributed by atoms with Crippen LogP contribution in [0.4, 0.5) is 5.69 Å². The Morgan fingerprint density at radius 1 is 1.26 bits per heavy atom. The Balaban J connectivity index is 1.48. The molecule has 6 heteroatoms. The molecule has 2 amide bonds. The Labute approximate surface area is 160 Å². The van der Waals surface area contributed by atoms with Gasteiger partial charge in [0.05, 0.1) is 5.69 Å². The van der Waals surface area contributed by atoms with E-state index in [2.05, 4.69) is 36.5 Å². The van der Waals surface area contributed by atoms with Crippen LogP contribution in [0.5, 0.6) is 0 Å². The van der Waals surface area contributed by atoms with Gasteiger partial charge in [-0.3, -0.25) is 20.0 Å². The average molecular weight is 368 g/mol. The molecule has 1 aromatic carbocycles. The number of fused-ring (bicyclic) bond motifs is 2. The molecule has 6 nitrogen and oxygen atoms in total.